The monoisotopic (exact) mass is 320 g/mol. The SMILES string of the molecule is Cl[SiH]1O[SiH](Cl)O[SiH](Cl)O[SiH](Cl)O1. The molecule has 0 aromatic heterocycles. The number of hydrogen-bond acceptors (Lipinski definition) is 4. The van der Waals surface area contributed by atoms with Crippen LogP contribution in [-0.2, 0) is 16.5 Å². The Morgan fingerprint density at radius 2 is 0.667 bits per heavy atom. The van der Waals surface area contributed by atoms with E-state index in [9.17, 15) is 0 Å². The highest BCUT2D eigenvalue weighted by Gasteiger charge is 2.31. The van der Waals surface area contributed by atoms with Crippen molar-refractivity contribution in [3.63, 3.8) is 0 Å². The number of rotatable bonds is 0. The Labute approximate surface area is 94.8 Å². The van der Waals surface area contributed by atoms with Gasteiger partial charge in [0, 0.05) is 0 Å². The summed E-state index contributed by atoms with van der Waals surface area (Å²) in [5.41, 5.74) is 0. The van der Waals surface area contributed by atoms with Crippen molar-refractivity contribution in [2.45, 2.75) is 0 Å². The lowest BCUT2D eigenvalue weighted by Gasteiger charge is -2.23. The van der Waals surface area contributed by atoms with Gasteiger partial charge >= 0.3 is 34.4 Å². The topological polar surface area (TPSA) is 36.9 Å². The van der Waals surface area contributed by atoms with E-state index in [0.717, 1.165) is 0 Å². The molecule has 1 aliphatic rings. The molecule has 72 valence electrons. The van der Waals surface area contributed by atoms with Crippen LogP contribution in [0.4, 0.5) is 0 Å². The summed E-state index contributed by atoms with van der Waals surface area (Å²) >= 11 is 22.6. The van der Waals surface area contributed by atoms with Crippen LogP contribution in [0.3, 0.4) is 0 Å². The lowest BCUT2D eigenvalue weighted by molar-refractivity contribution is 0.325. The van der Waals surface area contributed by atoms with Crippen LogP contribution in [0.5, 0.6) is 0 Å². The van der Waals surface area contributed by atoms with Gasteiger partial charge < -0.3 is 16.5 Å². The maximum Gasteiger partial charge on any atom is 0.410 e. The van der Waals surface area contributed by atoms with Crippen LogP contribution in [0.15, 0.2) is 0 Å². The molecule has 0 aromatic rings. The van der Waals surface area contributed by atoms with Crippen molar-refractivity contribution in [1.29, 1.82) is 0 Å². The van der Waals surface area contributed by atoms with Crippen LogP contribution in [-0.4, -0.2) is 34.4 Å². The van der Waals surface area contributed by atoms with Crippen molar-refractivity contribution in [3.05, 3.63) is 0 Å². The molecule has 0 amide bonds. The summed E-state index contributed by atoms with van der Waals surface area (Å²) in [5, 5.41) is 0. The lowest BCUT2D eigenvalue weighted by Crippen LogP contribution is -2.41. The normalized spacial score (nSPS) is 45.0. The summed E-state index contributed by atoms with van der Waals surface area (Å²) in [7, 11) is -9.06. The summed E-state index contributed by atoms with van der Waals surface area (Å²) in [4.78, 5) is 0. The van der Waals surface area contributed by atoms with Gasteiger partial charge in [0.05, 0.1) is 0 Å². The zero-order valence-corrected chi connectivity index (χ0v) is 13.1. The average molecular weight is 322 g/mol. The first kappa shape index (κ1) is 11.9. The maximum atomic E-state index is 5.64. The molecule has 4 nitrogen and oxygen atoms in total. The smallest absolute Gasteiger partial charge is 0.397 e. The largest absolute Gasteiger partial charge is 0.410 e. The molecule has 0 spiro atoms. The summed E-state index contributed by atoms with van der Waals surface area (Å²) in [6.45, 7) is 0. The molecular formula is H4Cl4O4Si4. The predicted molar refractivity (Wildman–Crippen MR) is 56.3 cm³/mol. The van der Waals surface area contributed by atoms with Gasteiger partial charge in [-0.25, -0.2) is 0 Å². The first-order valence-corrected chi connectivity index (χ1v) is 13.5. The van der Waals surface area contributed by atoms with E-state index < -0.39 is 34.4 Å². The lowest BCUT2D eigenvalue weighted by atomic mass is 15.7. The Balaban J connectivity index is 2.45. The van der Waals surface area contributed by atoms with Gasteiger partial charge in [0.25, 0.3) is 0 Å². The molecule has 0 N–H and O–H groups in total. The van der Waals surface area contributed by atoms with Crippen molar-refractivity contribution in [1.82, 2.24) is 0 Å². The van der Waals surface area contributed by atoms with Crippen LogP contribution in [0.2, 0.25) is 0 Å². The Hall–Kier alpha value is 1.87. The molecule has 1 heterocycles. The highest BCUT2D eigenvalue weighted by molar-refractivity contribution is 7.18. The molecule has 1 fully saturated rings. The van der Waals surface area contributed by atoms with Crippen molar-refractivity contribution >= 4 is 78.7 Å². The van der Waals surface area contributed by atoms with Crippen LogP contribution in [0, 0.1) is 0 Å². The highest BCUT2D eigenvalue weighted by atomic mass is 35.6. The molecule has 0 saturated carbocycles. The molecular weight excluding hydrogens is 318 g/mol. The number of halogens is 4. The van der Waals surface area contributed by atoms with E-state index in [2.05, 4.69) is 0 Å². The fraction of sp³-hybridized carbons (Fsp3) is 0. The van der Waals surface area contributed by atoms with Gasteiger partial charge in [0.2, 0.25) is 0 Å². The molecule has 1 aliphatic heterocycles. The number of hydrogen-bond donors (Lipinski definition) is 0. The Morgan fingerprint density at radius 3 is 0.833 bits per heavy atom. The molecule has 12 heteroatoms. The van der Waals surface area contributed by atoms with Crippen molar-refractivity contribution in [2.75, 3.05) is 0 Å². The summed E-state index contributed by atoms with van der Waals surface area (Å²) < 4.78 is 20.1. The van der Waals surface area contributed by atoms with Gasteiger partial charge in [0.1, 0.15) is 0 Å². The molecule has 12 heavy (non-hydrogen) atoms. The zero-order chi connectivity index (χ0) is 9.14. The van der Waals surface area contributed by atoms with Crippen molar-refractivity contribution in [3.8, 4) is 0 Å². The molecule has 0 aromatic carbocycles. The maximum absolute atomic E-state index is 5.64. The molecule has 0 bridgehead atoms. The van der Waals surface area contributed by atoms with Gasteiger partial charge in [-0.2, -0.15) is 0 Å². The Morgan fingerprint density at radius 1 is 0.500 bits per heavy atom. The minimum atomic E-state index is -2.27. The predicted octanol–water partition coefficient (Wildman–Crippen LogP) is -0.110. The van der Waals surface area contributed by atoms with Crippen molar-refractivity contribution in [2.24, 2.45) is 0 Å². The molecule has 0 unspecified atom stereocenters. The molecule has 0 radical (unpaired) electrons. The van der Waals surface area contributed by atoms with Crippen LogP contribution < -0.4 is 0 Å². The quantitative estimate of drug-likeness (QED) is 0.461. The minimum Gasteiger partial charge on any atom is -0.397 e. The fourth-order valence-corrected chi connectivity index (χ4v) is 15.1. The van der Waals surface area contributed by atoms with E-state index in [0.29, 0.717) is 0 Å². The first-order valence-electron chi connectivity index (χ1n) is 2.76. The first-order chi connectivity index (χ1) is 5.58. The fourth-order valence-electron chi connectivity index (χ4n) is 0.465. The van der Waals surface area contributed by atoms with Crippen LogP contribution in [0.25, 0.3) is 0 Å². The zero-order valence-electron chi connectivity index (χ0n) is 5.45. The second-order valence-corrected chi connectivity index (χ2v) is 12.5. The second-order valence-electron chi connectivity index (χ2n) is 1.64. The van der Waals surface area contributed by atoms with Gasteiger partial charge in [-0.3, -0.25) is 0 Å². The van der Waals surface area contributed by atoms with E-state index in [1.165, 1.54) is 0 Å². The third-order valence-electron chi connectivity index (χ3n) is 0.856. The molecule has 0 atom stereocenters. The third-order valence-corrected chi connectivity index (χ3v) is 15.1. The standard InChI is InChI=1S/Cl4H4O4Si4/c1-9-5-10(2)7-12(4)8-11(3)6-9/h9-12H. The van der Waals surface area contributed by atoms with E-state index in [-0.39, 0.29) is 0 Å². The Kier molecular flexibility index (Phi) is 5.65. The summed E-state index contributed by atoms with van der Waals surface area (Å²) in [6, 6.07) is 0. The third kappa shape index (κ3) is 4.39. The van der Waals surface area contributed by atoms with E-state index in [1.807, 2.05) is 0 Å². The van der Waals surface area contributed by atoms with E-state index in [4.69, 9.17) is 60.8 Å². The minimum absolute atomic E-state index is 2.27. The highest BCUT2D eigenvalue weighted by Crippen LogP contribution is 2.14. The molecule has 1 rings (SSSR count). The van der Waals surface area contributed by atoms with Gasteiger partial charge in [0.15, 0.2) is 0 Å². The van der Waals surface area contributed by atoms with Gasteiger partial charge in [-0.05, 0) is 0 Å². The summed E-state index contributed by atoms with van der Waals surface area (Å²) in [6.07, 6.45) is 0. The van der Waals surface area contributed by atoms with Crippen LogP contribution >= 0.6 is 44.3 Å². The van der Waals surface area contributed by atoms with E-state index in [1.54, 1.807) is 0 Å². The van der Waals surface area contributed by atoms with Gasteiger partial charge in [-0.1, -0.05) is 0 Å². The molecule has 0 aliphatic carbocycles. The second kappa shape index (κ2) is 5.68. The average Bonchev–Trinajstić information content (AvgIpc) is 1.81. The summed E-state index contributed by atoms with van der Waals surface area (Å²) in [5.74, 6) is 0. The van der Waals surface area contributed by atoms with E-state index >= 15 is 0 Å². The van der Waals surface area contributed by atoms with Crippen molar-refractivity contribution < 1.29 is 16.5 Å². The molecule has 1 saturated heterocycles. The Bertz CT molecular complexity index is 107. The van der Waals surface area contributed by atoms with Gasteiger partial charge in [-0.15, -0.1) is 44.3 Å². The van der Waals surface area contributed by atoms with Crippen LogP contribution in [0.1, 0.15) is 0 Å².